The molecule has 8 nitrogen and oxygen atoms in total. The van der Waals surface area contributed by atoms with Crippen LogP contribution in [0.5, 0.6) is 0 Å². The zero-order valence-corrected chi connectivity index (χ0v) is 41.4. The van der Waals surface area contributed by atoms with Gasteiger partial charge in [0.2, 0.25) is 0 Å². The van der Waals surface area contributed by atoms with E-state index in [0.29, 0.717) is 37.6 Å². The van der Waals surface area contributed by atoms with Crippen molar-refractivity contribution >= 4 is 82.8 Å². The predicted octanol–water partition coefficient (Wildman–Crippen LogP) is 13.2. The number of benzene rings is 6. The summed E-state index contributed by atoms with van der Waals surface area (Å²) in [6.45, 7) is 14.5. The summed E-state index contributed by atoms with van der Waals surface area (Å²) in [5, 5.41) is 18.7. The summed E-state index contributed by atoms with van der Waals surface area (Å²) < 4.78 is 2.91. The second kappa shape index (κ2) is 25.6. The molecule has 6 rings (SSSR count). The van der Waals surface area contributed by atoms with E-state index in [-0.39, 0.29) is 12.8 Å². The third-order valence-corrected chi connectivity index (χ3v) is 12.4. The fourth-order valence-corrected chi connectivity index (χ4v) is 7.93. The fourth-order valence-electron chi connectivity index (χ4n) is 6.90. The first-order valence-electron chi connectivity index (χ1n) is 21.2. The molecule has 2 N–H and O–H groups in total. The van der Waals surface area contributed by atoms with E-state index in [2.05, 4.69) is 95.0 Å². The van der Waals surface area contributed by atoms with E-state index in [4.69, 9.17) is 9.98 Å². The molecule has 65 heavy (non-hydrogen) atoms. The highest BCUT2D eigenvalue weighted by molar-refractivity contribution is 9.11. The second-order valence-corrected chi connectivity index (χ2v) is 17.9. The molecule has 0 radical (unpaired) electrons. The van der Waals surface area contributed by atoms with Gasteiger partial charge in [0.15, 0.2) is 0 Å². The van der Waals surface area contributed by atoms with Crippen LogP contribution in [0.1, 0.15) is 57.3 Å². The largest absolute Gasteiger partial charge is 0.481 e. The Labute approximate surface area is 408 Å². The highest BCUT2D eigenvalue weighted by atomic mass is 79.9. The molecule has 0 heterocycles. The standard InChI is InChI=1S/C27H26Br2N2O2.C27H27BrN2O2/c1-19-24(12-7-13-25(19)29)27(30-20(2)22-10-6-11-23(28)18-22)31(17-15-26(32)33)16-14-21-8-4-3-5-9-21;1-20-8-6-7-11-25(20)27(29-21(2)23-12-14-24(28)15-13-23)30(19-17-26(31)32)18-16-22-9-4-3-5-10-22/h3-13,18H,2,14-17H2,1H3,(H,32,33);3-15H,2,16-19H2,1H3,(H,31,32). The molecule has 0 spiro atoms. The van der Waals surface area contributed by atoms with Gasteiger partial charge in [-0.3, -0.25) is 9.59 Å². The number of halogens is 3. The van der Waals surface area contributed by atoms with E-state index >= 15 is 0 Å². The Bertz CT molecular complexity index is 2620. The minimum Gasteiger partial charge on any atom is -0.481 e. The maximum absolute atomic E-state index is 11.4. The number of carboxylic acids is 2. The molecule has 11 heteroatoms. The number of nitrogens with zero attached hydrogens (tertiary/aromatic N) is 4. The Morgan fingerprint density at radius 1 is 0.523 bits per heavy atom. The van der Waals surface area contributed by atoms with Crippen LogP contribution in [0, 0.1) is 13.8 Å². The van der Waals surface area contributed by atoms with Crippen molar-refractivity contribution in [1.82, 2.24) is 9.80 Å². The summed E-state index contributed by atoms with van der Waals surface area (Å²) in [5.41, 5.74) is 9.49. The van der Waals surface area contributed by atoms with Crippen molar-refractivity contribution < 1.29 is 19.8 Å². The summed E-state index contributed by atoms with van der Waals surface area (Å²) in [6.07, 6.45) is 1.61. The van der Waals surface area contributed by atoms with Crippen LogP contribution < -0.4 is 0 Å². The van der Waals surface area contributed by atoms with E-state index in [1.807, 2.05) is 141 Å². The summed E-state index contributed by atoms with van der Waals surface area (Å²) >= 11 is 10.6. The van der Waals surface area contributed by atoms with E-state index in [0.717, 1.165) is 71.3 Å². The molecule has 0 bridgehead atoms. The number of aliphatic imine (C=N–C) groups is 2. The van der Waals surface area contributed by atoms with Crippen LogP contribution in [-0.4, -0.2) is 69.8 Å². The van der Waals surface area contributed by atoms with Crippen molar-refractivity contribution in [2.75, 3.05) is 26.2 Å². The Balaban J connectivity index is 0.000000244. The molecule has 334 valence electrons. The normalized spacial score (nSPS) is 11.3. The van der Waals surface area contributed by atoms with Crippen molar-refractivity contribution in [3.63, 3.8) is 0 Å². The SMILES string of the molecule is C=C(N=C(c1cccc(Br)c1C)N(CCC(=O)O)CCc1ccccc1)c1cccc(Br)c1.C=C(N=C(c1ccccc1C)N(CCC(=O)O)CCc1ccccc1)c1ccc(Br)cc1. The number of hydrogen-bond acceptors (Lipinski definition) is 4. The minimum absolute atomic E-state index is 0.0181. The van der Waals surface area contributed by atoms with Gasteiger partial charge in [-0.25, -0.2) is 9.98 Å². The number of hydrogen-bond donors (Lipinski definition) is 2. The van der Waals surface area contributed by atoms with Crippen molar-refractivity contribution in [2.24, 2.45) is 9.98 Å². The maximum Gasteiger partial charge on any atom is 0.305 e. The highest BCUT2D eigenvalue weighted by Gasteiger charge is 2.20. The molecule has 0 unspecified atom stereocenters. The van der Waals surface area contributed by atoms with Crippen LogP contribution in [-0.2, 0) is 22.4 Å². The quantitative estimate of drug-likeness (QED) is 0.0656. The highest BCUT2D eigenvalue weighted by Crippen LogP contribution is 2.26. The van der Waals surface area contributed by atoms with Gasteiger partial charge in [0.25, 0.3) is 0 Å². The average molecular weight is 1060 g/mol. The van der Waals surface area contributed by atoms with Gasteiger partial charge in [0.1, 0.15) is 11.7 Å². The molecule has 6 aromatic carbocycles. The van der Waals surface area contributed by atoms with Crippen LogP contribution in [0.15, 0.2) is 188 Å². The molecule has 0 aromatic heterocycles. The third-order valence-electron chi connectivity index (χ3n) is 10.5. The van der Waals surface area contributed by atoms with E-state index < -0.39 is 11.9 Å². The molecule has 0 saturated carbocycles. The summed E-state index contributed by atoms with van der Waals surface area (Å²) in [7, 11) is 0. The lowest BCUT2D eigenvalue weighted by molar-refractivity contribution is -0.138. The van der Waals surface area contributed by atoms with Crippen LogP contribution in [0.25, 0.3) is 11.4 Å². The number of carbonyl (C=O) groups is 2. The van der Waals surface area contributed by atoms with E-state index in [1.165, 1.54) is 11.1 Å². The van der Waals surface area contributed by atoms with Crippen molar-refractivity contribution in [2.45, 2.75) is 39.5 Å². The molecule has 0 atom stereocenters. The number of aryl methyl sites for hydroxylation is 1. The topological polar surface area (TPSA) is 106 Å². The number of carboxylic acid groups (broad SMARTS) is 2. The van der Waals surface area contributed by atoms with Gasteiger partial charge >= 0.3 is 11.9 Å². The molecular weight excluding hydrogens is 1010 g/mol. The minimum atomic E-state index is -0.837. The van der Waals surface area contributed by atoms with Gasteiger partial charge in [-0.15, -0.1) is 0 Å². The smallest absolute Gasteiger partial charge is 0.305 e. The lowest BCUT2D eigenvalue weighted by Crippen LogP contribution is -2.36. The Morgan fingerprint density at radius 3 is 1.52 bits per heavy atom. The van der Waals surface area contributed by atoms with Crippen LogP contribution >= 0.6 is 47.8 Å². The Hall–Kier alpha value is -5.88. The first kappa shape index (κ1) is 50.1. The van der Waals surface area contributed by atoms with Gasteiger partial charge in [-0.05, 0) is 84.8 Å². The number of amidine groups is 2. The van der Waals surface area contributed by atoms with Crippen molar-refractivity contribution in [3.8, 4) is 0 Å². The van der Waals surface area contributed by atoms with Gasteiger partial charge in [-0.2, -0.15) is 0 Å². The van der Waals surface area contributed by atoms with Gasteiger partial charge in [0.05, 0.1) is 24.2 Å². The lowest BCUT2D eigenvalue weighted by Gasteiger charge is -2.27. The van der Waals surface area contributed by atoms with Crippen LogP contribution in [0.4, 0.5) is 0 Å². The van der Waals surface area contributed by atoms with E-state index in [1.54, 1.807) is 0 Å². The van der Waals surface area contributed by atoms with Gasteiger partial charge in [-0.1, -0.05) is 182 Å². The average Bonchev–Trinajstić information content (AvgIpc) is 3.30. The monoisotopic (exact) mass is 1060 g/mol. The Morgan fingerprint density at radius 2 is 1.00 bits per heavy atom. The molecule has 0 aliphatic heterocycles. The summed E-state index contributed by atoms with van der Waals surface area (Å²) in [6, 6.07) is 50.1. The second-order valence-electron chi connectivity index (χ2n) is 15.2. The molecule has 0 fully saturated rings. The molecule has 0 amide bonds. The molecule has 0 aliphatic carbocycles. The van der Waals surface area contributed by atoms with Crippen LogP contribution in [0.2, 0.25) is 0 Å². The first-order chi connectivity index (χ1) is 31.3. The lowest BCUT2D eigenvalue weighted by atomic mass is 10.1. The summed E-state index contributed by atoms with van der Waals surface area (Å²) in [5.74, 6) is -0.203. The van der Waals surface area contributed by atoms with E-state index in [9.17, 15) is 19.8 Å². The summed E-state index contributed by atoms with van der Waals surface area (Å²) in [4.78, 5) is 36.9. The molecule has 6 aromatic rings. The molecule has 0 saturated heterocycles. The molecule has 0 aliphatic rings. The van der Waals surface area contributed by atoms with Crippen molar-refractivity contribution in [1.29, 1.82) is 0 Å². The van der Waals surface area contributed by atoms with Gasteiger partial charge < -0.3 is 20.0 Å². The number of aliphatic carboxylic acids is 2. The van der Waals surface area contributed by atoms with Crippen LogP contribution in [0.3, 0.4) is 0 Å². The zero-order valence-electron chi connectivity index (χ0n) is 36.6. The number of rotatable bonds is 18. The fraction of sp³-hybridized carbons (Fsp3) is 0.185. The Kier molecular flexibility index (Phi) is 19.7. The maximum atomic E-state index is 11.4. The molecular formula is C54H53Br3N4O4. The third kappa shape index (κ3) is 16.0. The predicted molar refractivity (Wildman–Crippen MR) is 277 cm³/mol. The van der Waals surface area contributed by atoms with Gasteiger partial charge in [0, 0.05) is 56.3 Å². The van der Waals surface area contributed by atoms with Crippen molar-refractivity contribution in [3.05, 3.63) is 223 Å². The zero-order chi connectivity index (χ0) is 46.7. The first-order valence-corrected chi connectivity index (χ1v) is 23.6.